The first-order valence-electron chi connectivity index (χ1n) is 6.25. The molecule has 1 aromatic carbocycles. The summed E-state index contributed by atoms with van der Waals surface area (Å²) in [5.41, 5.74) is 0.882. The summed E-state index contributed by atoms with van der Waals surface area (Å²) >= 11 is 6.95. The van der Waals surface area contributed by atoms with Crippen molar-refractivity contribution in [3.63, 3.8) is 0 Å². The van der Waals surface area contributed by atoms with Crippen LogP contribution in [-0.2, 0) is 0 Å². The summed E-state index contributed by atoms with van der Waals surface area (Å²) in [6.45, 7) is 0. The van der Waals surface area contributed by atoms with Crippen molar-refractivity contribution in [2.24, 2.45) is 0 Å². The summed E-state index contributed by atoms with van der Waals surface area (Å²) in [5.74, 6) is -0.613. The van der Waals surface area contributed by atoms with Gasteiger partial charge in [-0.1, -0.05) is 22.9 Å². The standard InChI is InChI=1S/C14H7ClFN5OS/c15-11-2-1-10-12(20-11)23-14(19-10)21-13(22)18-9-4-7(6-17)3-8(16)5-9/h1-5H,(H2,18,19,21,22). The zero-order valence-electron chi connectivity index (χ0n) is 11.3. The maximum Gasteiger partial charge on any atom is 0.325 e. The van der Waals surface area contributed by atoms with Gasteiger partial charge in [0.15, 0.2) is 5.13 Å². The van der Waals surface area contributed by atoms with Gasteiger partial charge in [0.1, 0.15) is 21.3 Å². The minimum atomic E-state index is -0.613. The Balaban J connectivity index is 1.76. The van der Waals surface area contributed by atoms with Gasteiger partial charge in [-0.3, -0.25) is 5.32 Å². The van der Waals surface area contributed by atoms with Crippen molar-refractivity contribution >= 4 is 50.1 Å². The smallest absolute Gasteiger partial charge is 0.308 e. The van der Waals surface area contributed by atoms with Crippen molar-refractivity contribution in [1.82, 2.24) is 9.97 Å². The molecule has 0 spiro atoms. The second-order valence-corrected chi connectivity index (χ2v) is 5.76. The number of thiazole rings is 1. The lowest BCUT2D eigenvalue weighted by Crippen LogP contribution is -2.19. The summed E-state index contributed by atoms with van der Waals surface area (Å²) < 4.78 is 13.3. The molecule has 2 amide bonds. The van der Waals surface area contributed by atoms with Crippen molar-refractivity contribution in [1.29, 1.82) is 5.26 Å². The molecule has 0 saturated heterocycles. The van der Waals surface area contributed by atoms with Crippen LogP contribution in [0, 0.1) is 17.1 Å². The van der Waals surface area contributed by atoms with E-state index in [1.807, 2.05) is 6.07 Å². The topological polar surface area (TPSA) is 90.7 Å². The molecule has 0 saturated carbocycles. The van der Waals surface area contributed by atoms with Gasteiger partial charge in [0.05, 0.1) is 11.6 Å². The van der Waals surface area contributed by atoms with E-state index in [0.717, 1.165) is 23.5 Å². The number of benzene rings is 1. The lowest BCUT2D eigenvalue weighted by molar-refractivity contribution is 0.262. The van der Waals surface area contributed by atoms with Crippen LogP contribution in [0.1, 0.15) is 5.56 Å². The van der Waals surface area contributed by atoms with E-state index in [4.69, 9.17) is 16.9 Å². The Kier molecular flexibility index (Phi) is 4.06. The van der Waals surface area contributed by atoms with E-state index < -0.39 is 11.8 Å². The van der Waals surface area contributed by atoms with Crippen LogP contribution >= 0.6 is 22.9 Å². The Morgan fingerprint density at radius 2 is 2.09 bits per heavy atom. The molecule has 0 atom stereocenters. The van der Waals surface area contributed by atoms with Gasteiger partial charge in [-0.25, -0.2) is 19.2 Å². The molecule has 114 valence electrons. The highest BCUT2D eigenvalue weighted by Gasteiger charge is 2.10. The minimum absolute atomic E-state index is 0.110. The summed E-state index contributed by atoms with van der Waals surface area (Å²) in [6, 6.07) is 8.05. The maximum atomic E-state index is 13.3. The number of halogens is 2. The second kappa shape index (κ2) is 6.16. The number of carbonyl (C=O) groups excluding carboxylic acids is 1. The molecule has 2 N–H and O–H groups in total. The third-order valence-electron chi connectivity index (χ3n) is 2.73. The number of urea groups is 1. The monoisotopic (exact) mass is 347 g/mol. The van der Waals surface area contributed by atoms with E-state index in [1.165, 1.54) is 6.07 Å². The van der Waals surface area contributed by atoms with E-state index in [2.05, 4.69) is 20.6 Å². The van der Waals surface area contributed by atoms with Crippen LogP contribution in [-0.4, -0.2) is 16.0 Å². The predicted octanol–water partition coefficient (Wildman–Crippen LogP) is 4.00. The molecule has 2 aromatic heterocycles. The van der Waals surface area contributed by atoms with Gasteiger partial charge in [-0.2, -0.15) is 5.26 Å². The minimum Gasteiger partial charge on any atom is -0.308 e. The number of anilines is 2. The normalized spacial score (nSPS) is 10.3. The summed E-state index contributed by atoms with van der Waals surface area (Å²) in [4.78, 5) is 20.8. The molecule has 9 heteroatoms. The van der Waals surface area contributed by atoms with E-state index in [0.29, 0.717) is 20.6 Å². The molecule has 23 heavy (non-hydrogen) atoms. The quantitative estimate of drug-likeness (QED) is 0.685. The zero-order chi connectivity index (χ0) is 16.4. The first-order valence-corrected chi connectivity index (χ1v) is 7.45. The van der Waals surface area contributed by atoms with Gasteiger partial charge in [0.25, 0.3) is 0 Å². The van der Waals surface area contributed by atoms with E-state index in [-0.39, 0.29) is 11.3 Å². The number of nitriles is 1. The number of hydrogen-bond donors (Lipinski definition) is 2. The number of fused-ring (bicyclic) bond motifs is 1. The highest BCUT2D eigenvalue weighted by molar-refractivity contribution is 7.22. The maximum absolute atomic E-state index is 13.3. The van der Waals surface area contributed by atoms with Gasteiger partial charge in [0.2, 0.25) is 0 Å². The Morgan fingerprint density at radius 1 is 1.26 bits per heavy atom. The third kappa shape index (κ3) is 3.53. The highest BCUT2D eigenvalue weighted by atomic mass is 35.5. The largest absolute Gasteiger partial charge is 0.325 e. The Hall–Kier alpha value is -2.76. The van der Waals surface area contributed by atoms with Gasteiger partial charge in [-0.15, -0.1) is 0 Å². The number of amides is 2. The summed E-state index contributed by atoms with van der Waals surface area (Å²) in [6.07, 6.45) is 0. The summed E-state index contributed by atoms with van der Waals surface area (Å²) in [7, 11) is 0. The van der Waals surface area contributed by atoms with E-state index in [9.17, 15) is 9.18 Å². The SMILES string of the molecule is N#Cc1cc(F)cc(NC(=O)Nc2nc3ccc(Cl)nc3s2)c1. The second-order valence-electron chi connectivity index (χ2n) is 4.40. The Labute approximate surface area is 138 Å². The van der Waals surface area contributed by atoms with Gasteiger partial charge in [-0.05, 0) is 30.3 Å². The average Bonchev–Trinajstić information content (AvgIpc) is 2.87. The number of carbonyl (C=O) groups is 1. The number of hydrogen-bond acceptors (Lipinski definition) is 5. The number of nitrogens with zero attached hydrogens (tertiary/aromatic N) is 3. The fourth-order valence-electron chi connectivity index (χ4n) is 1.83. The molecule has 0 aliphatic rings. The number of aromatic nitrogens is 2. The van der Waals surface area contributed by atoms with Gasteiger partial charge in [0, 0.05) is 5.69 Å². The zero-order valence-corrected chi connectivity index (χ0v) is 12.9. The average molecular weight is 348 g/mol. The van der Waals surface area contributed by atoms with Crippen LogP contribution < -0.4 is 10.6 Å². The van der Waals surface area contributed by atoms with Gasteiger partial charge < -0.3 is 5.32 Å². The summed E-state index contributed by atoms with van der Waals surface area (Å²) in [5, 5.41) is 14.4. The van der Waals surface area contributed by atoms with Crippen LogP contribution in [0.2, 0.25) is 5.15 Å². The Morgan fingerprint density at radius 3 is 2.87 bits per heavy atom. The lowest BCUT2D eigenvalue weighted by atomic mass is 10.2. The van der Waals surface area contributed by atoms with Crippen LogP contribution in [0.4, 0.5) is 20.0 Å². The van der Waals surface area contributed by atoms with Crippen molar-refractivity contribution in [2.45, 2.75) is 0 Å². The fraction of sp³-hybridized carbons (Fsp3) is 0. The van der Waals surface area contributed by atoms with Crippen molar-refractivity contribution < 1.29 is 9.18 Å². The molecule has 6 nitrogen and oxygen atoms in total. The number of pyridine rings is 1. The molecule has 3 aromatic rings. The van der Waals surface area contributed by atoms with Crippen molar-refractivity contribution in [3.8, 4) is 6.07 Å². The van der Waals surface area contributed by atoms with E-state index >= 15 is 0 Å². The fourth-order valence-corrected chi connectivity index (χ4v) is 2.86. The van der Waals surface area contributed by atoms with Crippen LogP contribution in [0.15, 0.2) is 30.3 Å². The van der Waals surface area contributed by atoms with Gasteiger partial charge >= 0.3 is 6.03 Å². The molecule has 2 heterocycles. The molecule has 3 rings (SSSR count). The molecular weight excluding hydrogens is 341 g/mol. The molecule has 0 radical (unpaired) electrons. The third-order valence-corrected chi connectivity index (χ3v) is 3.82. The van der Waals surface area contributed by atoms with Crippen LogP contribution in [0.3, 0.4) is 0 Å². The van der Waals surface area contributed by atoms with Crippen LogP contribution in [0.5, 0.6) is 0 Å². The van der Waals surface area contributed by atoms with Crippen LogP contribution in [0.25, 0.3) is 10.3 Å². The first-order chi connectivity index (χ1) is 11.0. The first kappa shape index (κ1) is 15.1. The molecule has 0 fully saturated rings. The molecule has 0 aliphatic carbocycles. The predicted molar refractivity (Wildman–Crippen MR) is 86.2 cm³/mol. The number of nitrogens with one attached hydrogen (secondary N) is 2. The Bertz CT molecular complexity index is 952. The van der Waals surface area contributed by atoms with Crippen molar-refractivity contribution in [2.75, 3.05) is 10.6 Å². The number of rotatable bonds is 2. The molecular formula is C14H7ClFN5OS. The lowest BCUT2D eigenvalue weighted by Gasteiger charge is -2.05. The highest BCUT2D eigenvalue weighted by Crippen LogP contribution is 2.25. The molecule has 0 unspecified atom stereocenters. The molecule has 0 bridgehead atoms. The van der Waals surface area contributed by atoms with E-state index in [1.54, 1.807) is 12.1 Å². The van der Waals surface area contributed by atoms with Crippen molar-refractivity contribution in [3.05, 3.63) is 46.9 Å². The molecule has 0 aliphatic heterocycles.